The average Bonchev–Trinajstić information content (AvgIpc) is 3.33. The smallest absolute Gasteiger partial charge is 0.305 e. The van der Waals surface area contributed by atoms with Gasteiger partial charge in [-0.3, -0.25) is 9.59 Å². The first-order valence-electron chi connectivity index (χ1n) is 30.1. The summed E-state index contributed by atoms with van der Waals surface area (Å²) < 4.78 is 5.47. The lowest BCUT2D eigenvalue weighted by Gasteiger charge is -2.22. The summed E-state index contributed by atoms with van der Waals surface area (Å²) in [6, 6.07) is -0.551. The zero-order valence-corrected chi connectivity index (χ0v) is 45.1. The van der Waals surface area contributed by atoms with Crippen molar-refractivity contribution in [3.8, 4) is 0 Å². The van der Waals surface area contributed by atoms with Gasteiger partial charge in [0.1, 0.15) is 0 Å². The van der Waals surface area contributed by atoms with Crippen molar-refractivity contribution < 1.29 is 24.5 Å². The normalized spacial score (nSPS) is 12.7. The zero-order chi connectivity index (χ0) is 48.6. The predicted molar refractivity (Wildman–Crippen MR) is 292 cm³/mol. The van der Waals surface area contributed by atoms with Crippen molar-refractivity contribution in [2.45, 2.75) is 341 Å². The Morgan fingerprint density at radius 2 is 0.746 bits per heavy atom. The van der Waals surface area contributed by atoms with E-state index in [1.165, 1.54) is 238 Å². The quantitative estimate of drug-likeness (QED) is 0.0321. The second kappa shape index (κ2) is 56.9. The Kier molecular flexibility index (Phi) is 55.5. The number of nitrogens with one attached hydrogen (secondary N) is 1. The number of ether oxygens (including phenoxy) is 1. The van der Waals surface area contributed by atoms with Crippen molar-refractivity contribution in [3.63, 3.8) is 0 Å². The van der Waals surface area contributed by atoms with Gasteiger partial charge in [0.25, 0.3) is 0 Å². The molecule has 0 aromatic rings. The van der Waals surface area contributed by atoms with Gasteiger partial charge >= 0.3 is 5.97 Å². The molecule has 0 radical (unpaired) electrons. The summed E-state index contributed by atoms with van der Waals surface area (Å²) in [6.07, 6.45) is 68.8. The number of hydrogen-bond acceptors (Lipinski definition) is 5. The molecule has 0 rings (SSSR count). The third-order valence-electron chi connectivity index (χ3n) is 14.0. The van der Waals surface area contributed by atoms with Crippen LogP contribution in [-0.4, -0.2) is 47.4 Å². The molecule has 0 aliphatic carbocycles. The lowest BCUT2D eigenvalue weighted by atomic mass is 10.0. The highest BCUT2D eigenvalue weighted by molar-refractivity contribution is 5.76. The molecule has 6 heteroatoms. The Bertz CT molecular complexity index is 1040. The molecule has 0 aromatic heterocycles. The number of aliphatic hydroxyl groups is 2. The third-order valence-corrected chi connectivity index (χ3v) is 14.0. The van der Waals surface area contributed by atoms with Gasteiger partial charge in [-0.25, -0.2) is 0 Å². The van der Waals surface area contributed by atoms with Crippen LogP contribution in [0.1, 0.15) is 328 Å². The molecule has 6 nitrogen and oxygen atoms in total. The van der Waals surface area contributed by atoms with Crippen LogP contribution in [0.15, 0.2) is 24.3 Å². The van der Waals surface area contributed by atoms with Gasteiger partial charge in [-0.15, -0.1) is 0 Å². The van der Waals surface area contributed by atoms with Gasteiger partial charge in [-0.2, -0.15) is 0 Å². The van der Waals surface area contributed by atoms with Gasteiger partial charge in [0.15, 0.2) is 0 Å². The number of unbranched alkanes of at least 4 members (excludes halogenated alkanes) is 41. The molecule has 0 saturated heterocycles. The molecule has 67 heavy (non-hydrogen) atoms. The monoisotopic (exact) mass is 944 g/mol. The van der Waals surface area contributed by atoms with E-state index in [0.29, 0.717) is 25.9 Å². The van der Waals surface area contributed by atoms with Crippen LogP contribution in [0.2, 0.25) is 0 Å². The van der Waals surface area contributed by atoms with E-state index in [1.807, 2.05) is 0 Å². The van der Waals surface area contributed by atoms with Crippen LogP contribution in [0.5, 0.6) is 0 Å². The number of hydrogen-bond donors (Lipinski definition) is 3. The number of esters is 1. The summed E-state index contributed by atoms with van der Waals surface area (Å²) in [4.78, 5) is 24.6. The molecule has 0 fully saturated rings. The lowest BCUT2D eigenvalue weighted by Crippen LogP contribution is -2.45. The van der Waals surface area contributed by atoms with Gasteiger partial charge in [0.05, 0.1) is 25.4 Å². The second-order valence-corrected chi connectivity index (χ2v) is 20.7. The number of rotatable bonds is 56. The van der Waals surface area contributed by atoms with E-state index in [-0.39, 0.29) is 18.5 Å². The maximum Gasteiger partial charge on any atom is 0.305 e. The van der Waals surface area contributed by atoms with Crippen LogP contribution in [0, 0.1) is 0 Å². The van der Waals surface area contributed by atoms with Crippen LogP contribution in [0.25, 0.3) is 0 Å². The molecule has 396 valence electrons. The summed E-state index contributed by atoms with van der Waals surface area (Å²) in [7, 11) is 0. The SMILES string of the molecule is CCCCCC/C=C\C/C=C\CCCCCCCC(=O)OCCCCCCCCCCCCCCCCC(=O)NC(CO)C(O)CCCCCCCCCCCCCCCCCCCCCC. The highest BCUT2D eigenvalue weighted by Gasteiger charge is 2.20. The minimum absolute atomic E-state index is 0.0148. The van der Waals surface area contributed by atoms with Gasteiger partial charge < -0.3 is 20.3 Å². The van der Waals surface area contributed by atoms with E-state index in [4.69, 9.17) is 4.74 Å². The van der Waals surface area contributed by atoms with E-state index in [9.17, 15) is 19.8 Å². The zero-order valence-electron chi connectivity index (χ0n) is 45.1. The van der Waals surface area contributed by atoms with Crippen LogP contribution in [0.4, 0.5) is 0 Å². The standard InChI is InChI=1S/C61H117NO5/c1-3-5-7-9-11-13-15-17-19-21-22-23-24-25-29-33-37-41-45-49-53-59(64)58(57-63)62-60(65)54-50-46-42-38-34-30-27-28-32-36-40-44-48-52-56-67-61(66)55-51-47-43-39-35-31-26-20-18-16-14-12-10-8-6-4-2/h14,16,20,26,58-59,63-64H,3-13,15,17-19,21-25,27-57H2,1-2H3,(H,62,65)/b16-14-,26-20-. The van der Waals surface area contributed by atoms with Gasteiger partial charge in [-0.05, 0) is 57.8 Å². The molecule has 2 atom stereocenters. The van der Waals surface area contributed by atoms with Crippen molar-refractivity contribution in [1.29, 1.82) is 0 Å². The van der Waals surface area contributed by atoms with Crippen molar-refractivity contribution in [2.24, 2.45) is 0 Å². The van der Waals surface area contributed by atoms with E-state index in [1.54, 1.807) is 0 Å². The second-order valence-electron chi connectivity index (χ2n) is 20.7. The average molecular weight is 945 g/mol. The Morgan fingerprint density at radius 1 is 0.418 bits per heavy atom. The summed E-state index contributed by atoms with van der Waals surface area (Å²) in [5, 5.41) is 23.3. The van der Waals surface area contributed by atoms with E-state index >= 15 is 0 Å². The fraction of sp³-hybridized carbons (Fsp3) is 0.902. The molecule has 3 N–H and O–H groups in total. The van der Waals surface area contributed by atoms with Crippen LogP contribution < -0.4 is 5.32 Å². The Hall–Kier alpha value is -1.66. The summed E-state index contributed by atoms with van der Waals surface area (Å²) in [5.74, 6) is -0.0580. The molecule has 0 aromatic carbocycles. The molecular weight excluding hydrogens is 827 g/mol. The molecule has 0 saturated carbocycles. The molecule has 0 heterocycles. The molecule has 2 unspecified atom stereocenters. The molecular formula is C61H117NO5. The van der Waals surface area contributed by atoms with Crippen molar-refractivity contribution in [1.82, 2.24) is 5.32 Å². The Morgan fingerprint density at radius 3 is 1.15 bits per heavy atom. The first-order chi connectivity index (χ1) is 33.0. The minimum atomic E-state index is -0.673. The van der Waals surface area contributed by atoms with Crippen molar-refractivity contribution >= 4 is 11.9 Å². The van der Waals surface area contributed by atoms with Gasteiger partial charge in [0, 0.05) is 12.8 Å². The Balaban J connectivity index is 3.44. The van der Waals surface area contributed by atoms with E-state index in [0.717, 1.165) is 57.8 Å². The summed E-state index contributed by atoms with van der Waals surface area (Å²) >= 11 is 0. The van der Waals surface area contributed by atoms with E-state index < -0.39 is 12.1 Å². The van der Waals surface area contributed by atoms with Crippen LogP contribution in [0.3, 0.4) is 0 Å². The predicted octanol–water partition coefficient (Wildman–Crippen LogP) is 18.6. The number of aliphatic hydroxyl groups excluding tert-OH is 2. The minimum Gasteiger partial charge on any atom is -0.466 e. The number of carbonyl (C=O) groups is 2. The fourth-order valence-electron chi connectivity index (χ4n) is 9.38. The number of carbonyl (C=O) groups excluding carboxylic acids is 2. The Labute approximate surface area is 418 Å². The summed E-state index contributed by atoms with van der Waals surface area (Å²) in [5.41, 5.74) is 0. The largest absolute Gasteiger partial charge is 0.466 e. The maximum absolute atomic E-state index is 12.5. The van der Waals surface area contributed by atoms with Crippen molar-refractivity contribution in [3.05, 3.63) is 24.3 Å². The fourth-order valence-corrected chi connectivity index (χ4v) is 9.38. The van der Waals surface area contributed by atoms with Crippen LogP contribution >= 0.6 is 0 Å². The topological polar surface area (TPSA) is 95.9 Å². The highest BCUT2D eigenvalue weighted by Crippen LogP contribution is 2.18. The summed E-state index contributed by atoms with van der Waals surface area (Å²) in [6.45, 7) is 4.93. The van der Waals surface area contributed by atoms with Crippen molar-refractivity contribution in [2.75, 3.05) is 13.2 Å². The maximum atomic E-state index is 12.5. The highest BCUT2D eigenvalue weighted by atomic mass is 16.5. The number of allylic oxidation sites excluding steroid dienone is 4. The molecule has 0 aliphatic rings. The van der Waals surface area contributed by atoms with Crippen LogP contribution in [-0.2, 0) is 14.3 Å². The first-order valence-corrected chi connectivity index (χ1v) is 30.1. The molecule has 0 spiro atoms. The van der Waals surface area contributed by atoms with Gasteiger partial charge in [0.2, 0.25) is 5.91 Å². The molecule has 0 aliphatic heterocycles. The van der Waals surface area contributed by atoms with Gasteiger partial charge in [-0.1, -0.05) is 282 Å². The number of amides is 1. The van der Waals surface area contributed by atoms with E-state index in [2.05, 4.69) is 43.5 Å². The molecule has 1 amide bonds. The molecule has 0 bridgehead atoms. The first kappa shape index (κ1) is 65.3. The lowest BCUT2D eigenvalue weighted by molar-refractivity contribution is -0.143. The third kappa shape index (κ3) is 53.5.